The molecule has 1 N–H and O–H groups in total. The average Bonchev–Trinajstić information content (AvgIpc) is 2.44. The second-order valence-electron chi connectivity index (χ2n) is 4.29. The SMILES string of the molecule is O=S(=O)(Nc1c(Cl)cccc1Cl)c1ccc(CCCl)cc1. The molecule has 0 fully saturated rings. The van der Waals surface area contributed by atoms with Gasteiger partial charge in [0.1, 0.15) is 0 Å². The summed E-state index contributed by atoms with van der Waals surface area (Å²) in [6, 6.07) is 11.3. The maximum Gasteiger partial charge on any atom is 0.261 e. The minimum atomic E-state index is -3.74. The van der Waals surface area contributed by atoms with E-state index in [-0.39, 0.29) is 20.6 Å². The van der Waals surface area contributed by atoms with Gasteiger partial charge in [0.2, 0.25) is 0 Å². The Hall–Kier alpha value is -0.940. The Bertz CT molecular complexity index is 710. The van der Waals surface area contributed by atoms with Crippen LogP contribution in [0.15, 0.2) is 47.4 Å². The summed E-state index contributed by atoms with van der Waals surface area (Å²) in [5.74, 6) is 0.486. The van der Waals surface area contributed by atoms with E-state index in [9.17, 15) is 8.42 Å². The molecule has 3 nitrogen and oxygen atoms in total. The molecule has 0 aliphatic heterocycles. The topological polar surface area (TPSA) is 46.2 Å². The van der Waals surface area contributed by atoms with Crippen molar-refractivity contribution in [3.63, 3.8) is 0 Å². The molecule has 0 heterocycles. The summed E-state index contributed by atoms with van der Waals surface area (Å²) in [4.78, 5) is 0.136. The van der Waals surface area contributed by atoms with Crippen molar-refractivity contribution in [1.82, 2.24) is 0 Å². The Balaban J connectivity index is 2.30. The Morgan fingerprint density at radius 1 is 0.952 bits per heavy atom. The van der Waals surface area contributed by atoms with Crippen LogP contribution < -0.4 is 4.72 Å². The maximum atomic E-state index is 12.3. The second kappa shape index (κ2) is 6.88. The van der Waals surface area contributed by atoms with Gasteiger partial charge in [-0.3, -0.25) is 4.72 Å². The van der Waals surface area contributed by atoms with Crippen molar-refractivity contribution in [3.05, 3.63) is 58.1 Å². The van der Waals surface area contributed by atoms with Gasteiger partial charge in [0.25, 0.3) is 10.0 Å². The van der Waals surface area contributed by atoms with E-state index < -0.39 is 10.0 Å². The third-order valence-corrected chi connectivity index (χ3v) is 5.00. The van der Waals surface area contributed by atoms with Crippen LogP contribution in [-0.2, 0) is 16.4 Å². The Morgan fingerprint density at radius 2 is 1.52 bits per heavy atom. The fraction of sp³-hybridized carbons (Fsp3) is 0.143. The molecule has 0 saturated carbocycles. The van der Waals surface area contributed by atoms with Crippen LogP contribution in [0.5, 0.6) is 0 Å². The van der Waals surface area contributed by atoms with E-state index >= 15 is 0 Å². The van der Waals surface area contributed by atoms with Gasteiger partial charge in [-0.15, -0.1) is 11.6 Å². The largest absolute Gasteiger partial charge is 0.277 e. The van der Waals surface area contributed by atoms with Gasteiger partial charge in [0.15, 0.2) is 0 Å². The first kappa shape index (κ1) is 16.4. The summed E-state index contributed by atoms with van der Waals surface area (Å²) in [6.45, 7) is 0. The molecule has 0 radical (unpaired) electrons. The lowest BCUT2D eigenvalue weighted by Crippen LogP contribution is -2.13. The molecule has 21 heavy (non-hydrogen) atoms. The summed E-state index contributed by atoms with van der Waals surface area (Å²) in [6.07, 6.45) is 0.686. The smallest absolute Gasteiger partial charge is 0.261 e. The van der Waals surface area contributed by atoms with Gasteiger partial charge in [-0.25, -0.2) is 8.42 Å². The summed E-state index contributed by atoms with van der Waals surface area (Å²) < 4.78 is 27.0. The molecule has 2 aromatic rings. The van der Waals surface area contributed by atoms with Crippen LogP contribution >= 0.6 is 34.8 Å². The van der Waals surface area contributed by atoms with Gasteiger partial charge in [0.05, 0.1) is 20.6 Å². The number of hydrogen-bond donors (Lipinski definition) is 1. The van der Waals surface area contributed by atoms with Gasteiger partial charge in [-0.2, -0.15) is 0 Å². The number of rotatable bonds is 5. The minimum Gasteiger partial charge on any atom is -0.277 e. The fourth-order valence-corrected chi connectivity index (χ4v) is 3.66. The summed E-state index contributed by atoms with van der Waals surface area (Å²) in [7, 11) is -3.74. The van der Waals surface area contributed by atoms with Crippen molar-refractivity contribution in [2.45, 2.75) is 11.3 Å². The molecule has 0 spiro atoms. The van der Waals surface area contributed by atoms with Crippen LogP contribution in [0.25, 0.3) is 0 Å². The van der Waals surface area contributed by atoms with Crippen molar-refractivity contribution >= 4 is 50.5 Å². The number of alkyl halides is 1. The maximum absolute atomic E-state index is 12.3. The van der Waals surface area contributed by atoms with Gasteiger partial charge in [-0.1, -0.05) is 41.4 Å². The predicted molar refractivity (Wildman–Crippen MR) is 88.1 cm³/mol. The number of sulfonamides is 1. The Morgan fingerprint density at radius 3 is 2.05 bits per heavy atom. The molecule has 2 aromatic carbocycles. The zero-order chi connectivity index (χ0) is 15.5. The molecule has 0 aliphatic rings. The third-order valence-electron chi connectivity index (χ3n) is 2.82. The van der Waals surface area contributed by atoms with Crippen molar-refractivity contribution < 1.29 is 8.42 Å². The highest BCUT2D eigenvalue weighted by Gasteiger charge is 2.17. The quantitative estimate of drug-likeness (QED) is 0.790. The number of para-hydroxylation sites is 1. The molecule has 0 unspecified atom stereocenters. The number of halogens is 3. The molecule has 0 aromatic heterocycles. The van der Waals surface area contributed by atoms with Gasteiger partial charge in [-0.05, 0) is 36.2 Å². The average molecular weight is 365 g/mol. The zero-order valence-corrected chi connectivity index (χ0v) is 13.9. The van der Waals surface area contributed by atoms with E-state index in [2.05, 4.69) is 4.72 Å². The van der Waals surface area contributed by atoms with E-state index in [1.54, 1.807) is 30.3 Å². The van der Waals surface area contributed by atoms with Crippen LogP contribution in [-0.4, -0.2) is 14.3 Å². The van der Waals surface area contributed by atoms with Crippen LogP contribution in [0.4, 0.5) is 5.69 Å². The van der Waals surface area contributed by atoms with E-state index in [0.29, 0.717) is 12.3 Å². The summed E-state index contributed by atoms with van der Waals surface area (Å²) in [5, 5.41) is 0.481. The number of benzene rings is 2. The highest BCUT2D eigenvalue weighted by molar-refractivity contribution is 7.92. The summed E-state index contributed by atoms with van der Waals surface area (Å²) >= 11 is 17.6. The lowest BCUT2D eigenvalue weighted by molar-refractivity contribution is 0.601. The fourth-order valence-electron chi connectivity index (χ4n) is 1.73. The van der Waals surface area contributed by atoms with E-state index in [1.807, 2.05) is 0 Å². The molecule has 7 heteroatoms. The summed E-state index contributed by atoms with van der Waals surface area (Å²) in [5.41, 5.74) is 1.14. The van der Waals surface area contributed by atoms with Crippen LogP contribution in [0.2, 0.25) is 10.0 Å². The molecule has 0 atom stereocenters. The van der Waals surface area contributed by atoms with Crippen LogP contribution in [0.3, 0.4) is 0 Å². The lowest BCUT2D eigenvalue weighted by Gasteiger charge is -2.11. The van der Waals surface area contributed by atoms with Crippen molar-refractivity contribution in [1.29, 1.82) is 0 Å². The first-order valence-corrected chi connectivity index (χ1v) is 8.83. The first-order valence-electron chi connectivity index (χ1n) is 6.06. The molecular weight excluding hydrogens is 353 g/mol. The standard InChI is InChI=1S/C14H12Cl3NO2S/c15-9-8-10-4-6-11(7-5-10)21(19,20)18-14-12(16)2-1-3-13(14)17/h1-7,18H,8-9H2. The predicted octanol–water partition coefficient (Wildman–Crippen LogP) is 4.58. The molecule has 0 amide bonds. The van der Waals surface area contributed by atoms with Gasteiger partial charge >= 0.3 is 0 Å². The minimum absolute atomic E-state index is 0.136. The second-order valence-corrected chi connectivity index (χ2v) is 7.16. The normalized spacial score (nSPS) is 11.4. The molecule has 112 valence electrons. The van der Waals surface area contributed by atoms with E-state index in [4.69, 9.17) is 34.8 Å². The number of nitrogens with one attached hydrogen (secondary N) is 1. The molecule has 2 rings (SSSR count). The van der Waals surface area contributed by atoms with Crippen LogP contribution in [0, 0.1) is 0 Å². The van der Waals surface area contributed by atoms with Crippen molar-refractivity contribution in [2.24, 2.45) is 0 Å². The van der Waals surface area contributed by atoms with Crippen molar-refractivity contribution in [3.8, 4) is 0 Å². The number of anilines is 1. The molecule has 0 aliphatic carbocycles. The highest BCUT2D eigenvalue weighted by Crippen LogP contribution is 2.31. The Kier molecular flexibility index (Phi) is 5.38. The molecule has 0 saturated heterocycles. The van der Waals surface area contributed by atoms with Gasteiger partial charge in [0, 0.05) is 5.88 Å². The van der Waals surface area contributed by atoms with E-state index in [1.165, 1.54) is 12.1 Å². The number of hydrogen-bond acceptors (Lipinski definition) is 2. The lowest BCUT2D eigenvalue weighted by atomic mass is 10.2. The van der Waals surface area contributed by atoms with Crippen molar-refractivity contribution in [2.75, 3.05) is 10.6 Å². The third kappa shape index (κ3) is 4.04. The zero-order valence-electron chi connectivity index (χ0n) is 10.8. The molecule has 0 bridgehead atoms. The highest BCUT2D eigenvalue weighted by atomic mass is 35.5. The monoisotopic (exact) mass is 363 g/mol. The number of aryl methyl sites for hydroxylation is 1. The Labute approximate surface area is 138 Å². The van der Waals surface area contributed by atoms with E-state index in [0.717, 1.165) is 5.56 Å². The first-order chi connectivity index (χ1) is 9.94. The molecular formula is C14H12Cl3NO2S. The van der Waals surface area contributed by atoms with Gasteiger partial charge < -0.3 is 0 Å². The van der Waals surface area contributed by atoms with Crippen LogP contribution in [0.1, 0.15) is 5.56 Å².